The third kappa shape index (κ3) is 3.54. The van der Waals surface area contributed by atoms with Gasteiger partial charge in [-0.05, 0) is 30.9 Å². The molecular formula is C16H15ClN4O3S. The van der Waals surface area contributed by atoms with Crippen molar-refractivity contribution in [2.75, 3.05) is 16.9 Å². The Morgan fingerprint density at radius 3 is 2.88 bits per heavy atom. The summed E-state index contributed by atoms with van der Waals surface area (Å²) in [6.45, 7) is 1.83. The van der Waals surface area contributed by atoms with Crippen LogP contribution < -0.4 is 16.2 Å². The number of halogens is 1. The first-order valence-electron chi connectivity index (χ1n) is 7.44. The number of hydrogen-bond acceptors (Lipinski definition) is 5. The number of carbonyl (C=O) groups is 2. The van der Waals surface area contributed by atoms with Crippen molar-refractivity contribution in [3.63, 3.8) is 0 Å². The largest absolute Gasteiger partial charge is 0.325 e. The molecule has 1 aliphatic rings. The number of hydrogen-bond donors (Lipinski definition) is 3. The Hall–Kier alpha value is -2.32. The maximum atomic E-state index is 12.7. The van der Waals surface area contributed by atoms with E-state index in [2.05, 4.69) is 20.6 Å². The summed E-state index contributed by atoms with van der Waals surface area (Å²) in [5.41, 5.74) is 1.09. The van der Waals surface area contributed by atoms with Crippen LogP contribution in [0, 0.1) is 6.92 Å². The molecule has 7 nitrogen and oxygen atoms in total. The Morgan fingerprint density at radius 2 is 2.16 bits per heavy atom. The normalized spacial score (nSPS) is 16.1. The van der Waals surface area contributed by atoms with Crippen molar-refractivity contribution in [1.82, 2.24) is 9.97 Å². The average Bonchev–Trinajstić information content (AvgIpc) is 2.56. The van der Waals surface area contributed by atoms with Gasteiger partial charge in [0, 0.05) is 17.1 Å². The predicted molar refractivity (Wildman–Crippen MR) is 97.4 cm³/mol. The highest BCUT2D eigenvalue weighted by atomic mass is 35.5. The van der Waals surface area contributed by atoms with Gasteiger partial charge in [0.2, 0.25) is 11.8 Å². The van der Waals surface area contributed by atoms with Crippen LogP contribution in [-0.2, 0) is 9.59 Å². The molecule has 0 bridgehead atoms. The predicted octanol–water partition coefficient (Wildman–Crippen LogP) is 2.52. The fraction of sp³-hybridized carbons (Fsp3) is 0.250. The van der Waals surface area contributed by atoms with E-state index in [4.69, 9.17) is 11.6 Å². The van der Waals surface area contributed by atoms with Crippen LogP contribution in [0.25, 0.3) is 0 Å². The second kappa shape index (κ2) is 6.89. The Balaban J connectivity index is 1.98. The van der Waals surface area contributed by atoms with Crippen molar-refractivity contribution >= 4 is 46.7 Å². The Morgan fingerprint density at radius 1 is 1.40 bits per heavy atom. The second-order valence-electron chi connectivity index (χ2n) is 5.59. The summed E-state index contributed by atoms with van der Waals surface area (Å²) in [7, 11) is 0. The highest BCUT2D eigenvalue weighted by molar-refractivity contribution is 7.98. The molecule has 1 atom stereocenters. The number of anilines is 2. The Kier molecular flexibility index (Phi) is 4.82. The Labute approximate surface area is 152 Å². The summed E-state index contributed by atoms with van der Waals surface area (Å²) in [4.78, 5) is 43.9. The van der Waals surface area contributed by atoms with Crippen LogP contribution in [0.3, 0.4) is 0 Å². The molecule has 0 saturated carbocycles. The number of H-pyrrole nitrogens is 1. The molecule has 0 spiro atoms. The molecule has 2 amide bonds. The number of nitrogens with one attached hydrogen (secondary N) is 3. The third-order valence-corrected chi connectivity index (χ3v) is 4.71. The standard InChI is InChI=1S/C16H15ClN4O3S/c1-7-3-4-8(17)5-10(7)18-14(23)9-6-11(22)19-13-12(9)15(24)21-16(20-13)25-2/h3-5,9H,6H2,1-2H3,(H,18,23)(H2,19,20,21,22,24)/t9-/m0/s1. The molecule has 2 aromatic rings. The molecule has 1 aliphatic heterocycles. The summed E-state index contributed by atoms with van der Waals surface area (Å²) in [5.74, 6) is -1.60. The van der Waals surface area contributed by atoms with Gasteiger partial charge in [0.15, 0.2) is 5.16 Å². The minimum atomic E-state index is -0.922. The third-order valence-electron chi connectivity index (χ3n) is 3.90. The molecule has 0 saturated heterocycles. The second-order valence-corrected chi connectivity index (χ2v) is 6.82. The van der Waals surface area contributed by atoms with Crippen LogP contribution in [-0.4, -0.2) is 28.0 Å². The van der Waals surface area contributed by atoms with E-state index < -0.39 is 17.4 Å². The van der Waals surface area contributed by atoms with Crippen LogP contribution in [0.1, 0.15) is 23.5 Å². The number of aryl methyl sites for hydroxylation is 1. The lowest BCUT2D eigenvalue weighted by atomic mass is 9.92. The monoisotopic (exact) mass is 378 g/mol. The summed E-state index contributed by atoms with van der Waals surface area (Å²) < 4.78 is 0. The minimum absolute atomic E-state index is 0.123. The maximum Gasteiger partial charge on any atom is 0.257 e. The molecule has 3 N–H and O–H groups in total. The van der Waals surface area contributed by atoms with Crippen molar-refractivity contribution < 1.29 is 9.59 Å². The lowest BCUT2D eigenvalue weighted by Crippen LogP contribution is -2.36. The quantitative estimate of drug-likeness (QED) is 0.562. The van der Waals surface area contributed by atoms with Gasteiger partial charge in [-0.25, -0.2) is 4.98 Å². The smallest absolute Gasteiger partial charge is 0.257 e. The number of benzene rings is 1. The van der Waals surface area contributed by atoms with Crippen LogP contribution in [0.5, 0.6) is 0 Å². The maximum absolute atomic E-state index is 12.7. The van der Waals surface area contributed by atoms with Gasteiger partial charge in [-0.2, -0.15) is 0 Å². The van der Waals surface area contributed by atoms with Gasteiger partial charge in [-0.3, -0.25) is 14.4 Å². The highest BCUT2D eigenvalue weighted by Crippen LogP contribution is 2.30. The highest BCUT2D eigenvalue weighted by Gasteiger charge is 2.34. The molecule has 130 valence electrons. The van der Waals surface area contributed by atoms with E-state index >= 15 is 0 Å². The van der Waals surface area contributed by atoms with E-state index in [0.717, 1.165) is 5.56 Å². The molecule has 1 aromatic heterocycles. The van der Waals surface area contributed by atoms with Crippen LogP contribution >= 0.6 is 23.4 Å². The molecule has 1 aromatic carbocycles. The zero-order valence-corrected chi connectivity index (χ0v) is 15.0. The fourth-order valence-electron chi connectivity index (χ4n) is 2.62. The average molecular weight is 379 g/mol. The molecule has 0 fully saturated rings. The molecule has 0 radical (unpaired) electrons. The summed E-state index contributed by atoms with van der Waals surface area (Å²) in [6, 6.07) is 5.12. The summed E-state index contributed by atoms with van der Waals surface area (Å²) in [6.07, 6.45) is 1.63. The minimum Gasteiger partial charge on any atom is -0.325 e. The van der Waals surface area contributed by atoms with Gasteiger partial charge in [0.1, 0.15) is 5.82 Å². The Bertz CT molecular complexity index is 928. The van der Waals surface area contributed by atoms with Crippen LogP contribution in [0.4, 0.5) is 11.5 Å². The first kappa shape index (κ1) is 17.5. The zero-order chi connectivity index (χ0) is 18.1. The van der Waals surface area contributed by atoms with Gasteiger partial charge in [0.05, 0.1) is 11.5 Å². The van der Waals surface area contributed by atoms with Gasteiger partial charge < -0.3 is 15.6 Å². The van der Waals surface area contributed by atoms with Crippen molar-refractivity contribution in [3.05, 3.63) is 44.7 Å². The topological polar surface area (TPSA) is 104 Å². The van der Waals surface area contributed by atoms with Crippen LogP contribution in [0.15, 0.2) is 28.2 Å². The number of aromatic amines is 1. The number of carbonyl (C=O) groups excluding carboxylic acids is 2. The number of amides is 2. The number of rotatable bonds is 3. The van der Waals surface area contributed by atoms with E-state index in [1.165, 1.54) is 11.8 Å². The van der Waals surface area contributed by atoms with E-state index in [1.807, 2.05) is 6.92 Å². The van der Waals surface area contributed by atoms with Crippen LogP contribution in [0.2, 0.25) is 5.02 Å². The van der Waals surface area contributed by atoms with Gasteiger partial charge in [-0.1, -0.05) is 29.4 Å². The van der Waals surface area contributed by atoms with Crippen molar-refractivity contribution in [2.24, 2.45) is 0 Å². The molecule has 2 heterocycles. The lowest BCUT2D eigenvalue weighted by Gasteiger charge is -2.23. The molecule has 0 aliphatic carbocycles. The van der Waals surface area contributed by atoms with Gasteiger partial charge >= 0.3 is 0 Å². The SMILES string of the molecule is CSc1nc2c(c(=O)[nH]1)[C@@H](C(=O)Nc1cc(Cl)ccc1C)CC(=O)N2. The van der Waals surface area contributed by atoms with E-state index in [9.17, 15) is 14.4 Å². The molecule has 25 heavy (non-hydrogen) atoms. The first-order valence-corrected chi connectivity index (χ1v) is 9.04. The number of thioether (sulfide) groups is 1. The fourth-order valence-corrected chi connectivity index (χ4v) is 3.17. The number of aromatic nitrogens is 2. The molecule has 0 unspecified atom stereocenters. The summed E-state index contributed by atoms with van der Waals surface area (Å²) in [5, 5.41) is 6.16. The number of fused-ring (bicyclic) bond motifs is 1. The lowest BCUT2D eigenvalue weighted by molar-refractivity contribution is -0.123. The molecule has 9 heteroatoms. The van der Waals surface area contributed by atoms with Gasteiger partial charge in [-0.15, -0.1) is 0 Å². The van der Waals surface area contributed by atoms with Crippen molar-refractivity contribution in [3.8, 4) is 0 Å². The van der Waals surface area contributed by atoms with E-state index in [0.29, 0.717) is 15.9 Å². The summed E-state index contributed by atoms with van der Waals surface area (Å²) >= 11 is 7.21. The number of nitrogens with zero attached hydrogens (tertiary/aromatic N) is 1. The van der Waals surface area contributed by atoms with Crippen molar-refractivity contribution in [2.45, 2.75) is 24.4 Å². The van der Waals surface area contributed by atoms with E-state index in [-0.39, 0.29) is 23.7 Å². The first-order chi connectivity index (χ1) is 11.9. The zero-order valence-electron chi connectivity index (χ0n) is 13.5. The molecular weight excluding hydrogens is 364 g/mol. The van der Waals surface area contributed by atoms with Crippen molar-refractivity contribution in [1.29, 1.82) is 0 Å². The van der Waals surface area contributed by atoms with Gasteiger partial charge in [0.25, 0.3) is 5.56 Å². The molecule has 3 rings (SSSR count). The van der Waals surface area contributed by atoms with E-state index in [1.54, 1.807) is 24.5 Å².